The molecule has 1 saturated heterocycles. The third kappa shape index (κ3) is 4.74. The quantitative estimate of drug-likeness (QED) is 0.400. The van der Waals surface area contributed by atoms with Crippen molar-refractivity contribution in [2.24, 2.45) is 7.05 Å². The number of aryl methyl sites for hydroxylation is 3. The molecule has 0 N–H and O–H groups in total. The van der Waals surface area contributed by atoms with Crippen molar-refractivity contribution in [2.45, 2.75) is 33.0 Å². The van der Waals surface area contributed by atoms with E-state index in [2.05, 4.69) is 20.1 Å². The van der Waals surface area contributed by atoms with Gasteiger partial charge in [0.25, 0.3) is 5.91 Å². The molecule has 4 aromatic heterocycles. The average molecular weight is 518 g/mol. The molecule has 1 fully saturated rings. The maximum absolute atomic E-state index is 13.9. The van der Waals surface area contributed by atoms with Gasteiger partial charge in [0.15, 0.2) is 17.0 Å². The number of thiophene rings is 1. The van der Waals surface area contributed by atoms with Crippen LogP contribution in [0.25, 0.3) is 16.2 Å². The Morgan fingerprint density at radius 2 is 1.86 bits per heavy atom. The SMILES string of the molecule is CCc1ccc(-c2cc(C(F)(F)F)n3nc(C(=O)N4CCN(Cc5cn(C)nc5C)CC4)cc3n2)s1. The molecule has 5 rings (SSSR count). The molecule has 0 atom stereocenters. The van der Waals surface area contributed by atoms with E-state index in [0.29, 0.717) is 31.1 Å². The Hall–Kier alpha value is -3.25. The molecule has 12 heteroatoms. The molecular formula is C24H26F3N7OS. The zero-order chi connectivity index (χ0) is 25.6. The normalized spacial score (nSPS) is 15.2. The number of carbonyl (C=O) groups is 1. The summed E-state index contributed by atoms with van der Waals surface area (Å²) in [6, 6.07) is 6.01. The van der Waals surface area contributed by atoms with Crippen molar-refractivity contribution in [3.05, 3.63) is 58.0 Å². The van der Waals surface area contributed by atoms with Crippen LogP contribution in [0.5, 0.6) is 0 Å². The van der Waals surface area contributed by atoms with Crippen LogP contribution >= 0.6 is 11.3 Å². The molecule has 0 unspecified atom stereocenters. The number of piperazine rings is 1. The van der Waals surface area contributed by atoms with Crippen LogP contribution in [-0.2, 0) is 26.2 Å². The summed E-state index contributed by atoms with van der Waals surface area (Å²) in [6.45, 7) is 6.93. The van der Waals surface area contributed by atoms with E-state index in [1.165, 1.54) is 17.4 Å². The van der Waals surface area contributed by atoms with Gasteiger partial charge in [0.2, 0.25) is 0 Å². The van der Waals surface area contributed by atoms with Crippen LogP contribution in [0.1, 0.15) is 39.2 Å². The fourth-order valence-electron chi connectivity index (χ4n) is 4.43. The molecule has 1 aliphatic rings. The van der Waals surface area contributed by atoms with Gasteiger partial charge in [-0.25, -0.2) is 9.50 Å². The summed E-state index contributed by atoms with van der Waals surface area (Å²) >= 11 is 1.41. The Labute approximate surface area is 210 Å². The lowest BCUT2D eigenvalue weighted by Gasteiger charge is -2.34. The summed E-state index contributed by atoms with van der Waals surface area (Å²) < 4.78 is 44.2. The van der Waals surface area contributed by atoms with Crippen LogP contribution in [-0.4, -0.2) is 66.3 Å². The van der Waals surface area contributed by atoms with Gasteiger partial charge in [-0.1, -0.05) is 6.92 Å². The van der Waals surface area contributed by atoms with Crippen molar-refractivity contribution < 1.29 is 18.0 Å². The number of hydrogen-bond acceptors (Lipinski definition) is 6. The first-order chi connectivity index (χ1) is 17.1. The van der Waals surface area contributed by atoms with E-state index < -0.39 is 17.8 Å². The summed E-state index contributed by atoms with van der Waals surface area (Å²) in [5.74, 6) is -0.392. The highest BCUT2D eigenvalue weighted by atomic mass is 32.1. The number of amides is 1. The Kier molecular flexibility index (Phi) is 6.33. The first kappa shape index (κ1) is 24.4. The maximum Gasteiger partial charge on any atom is 0.433 e. The third-order valence-electron chi connectivity index (χ3n) is 6.37. The lowest BCUT2D eigenvalue weighted by molar-refractivity contribution is -0.142. The lowest BCUT2D eigenvalue weighted by atomic mass is 10.2. The molecule has 5 heterocycles. The molecule has 8 nitrogen and oxygen atoms in total. The molecule has 0 radical (unpaired) electrons. The van der Waals surface area contributed by atoms with Gasteiger partial charge < -0.3 is 4.90 Å². The van der Waals surface area contributed by atoms with E-state index in [0.717, 1.165) is 39.7 Å². The fraction of sp³-hybridized carbons (Fsp3) is 0.417. The molecule has 0 aromatic carbocycles. The molecule has 4 aromatic rings. The topological polar surface area (TPSA) is 71.6 Å². The highest BCUT2D eigenvalue weighted by molar-refractivity contribution is 7.15. The van der Waals surface area contributed by atoms with Gasteiger partial charge in [-0.2, -0.15) is 23.4 Å². The highest BCUT2D eigenvalue weighted by Crippen LogP contribution is 2.34. The van der Waals surface area contributed by atoms with Gasteiger partial charge >= 0.3 is 6.18 Å². The Bertz CT molecular complexity index is 1410. The van der Waals surface area contributed by atoms with Crippen molar-refractivity contribution in [2.75, 3.05) is 26.2 Å². The predicted octanol–water partition coefficient (Wildman–Crippen LogP) is 4.04. The van der Waals surface area contributed by atoms with Crippen LogP contribution in [0.2, 0.25) is 0 Å². The predicted molar refractivity (Wildman–Crippen MR) is 130 cm³/mol. The van der Waals surface area contributed by atoms with Gasteiger partial charge in [0.05, 0.1) is 16.3 Å². The van der Waals surface area contributed by atoms with Crippen LogP contribution in [0.3, 0.4) is 0 Å². The fourth-order valence-corrected chi connectivity index (χ4v) is 5.34. The van der Waals surface area contributed by atoms with Crippen molar-refractivity contribution in [3.63, 3.8) is 0 Å². The molecule has 1 aliphatic heterocycles. The van der Waals surface area contributed by atoms with E-state index in [1.807, 2.05) is 33.2 Å². The minimum atomic E-state index is -4.65. The molecule has 0 aliphatic carbocycles. The van der Waals surface area contributed by atoms with Crippen molar-refractivity contribution in [1.82, 2.24) is 34.2 Å². The number of hydrogen-bond donors (Lipinski definition) is 0. The number of nitrogens with zero attached hydrogens (tertiary/aromatic N) is 7. The van der Waals surface area contributed by atoms with Crippen LogP contribution in [0.15, 0.2) is 30.5 Å². The molecule has 190 valence electrons. The van der Waals surface area contributed by atoms with E-state index in [4.69, 9.17) is 0 Å². The summed E-state index contributed by atoms with van der Waals surface area (Å²) in [7, 11) is 1.88. The Morgan fingerprint density at radius 1 is 1.11 bits per heavy atom. The lowest BCUT2D eigenvalue weighted by Crippen LogP contribution is -2.48. The number of halogens is 3. The Morgan fingerprint density at radius 3 is 2.47 bits per heavy atom. The van der Waals surface area contributed by atoms with Crippen molar-refractivity contribution in [3.8, 4) is 10.6 Å². The second-order valence-corrected chi connectivity index (χ2v) is 10.1. The maximum atomic E-state index is 13.9. The van der Waals surface area contributed by atoms with Gasteiger partial charge in [-0.15, -0.1) is 11.3 Å². The monoisotopic (exact) mass is 517 g/mol. The molecule has 0 saturated carbocycles. The van der Waals surface area contributed by atoms with E-state index in [1.54, 1.807) is 15.6 Å². The minimum Gasteiger partial charge on any atom is -0.335 e. The van der Waals surface area contributed by atoms with Crippen LogP contribution < -0.4 is 0 Å². The summed E-state index contributed by atoms with van der Waals surface area (Å²) in [4.78, 5) is 23.1. The van der Waals surface area contributed by atoms with Crippen molar-refractivity contribution >= 4 is 22.9 Å². The zero-order valence-corrected chi connectivity index (χ0v) is 21.0. The van der Waals surface area contributed by atoms with Gasteiger partial charge in [-0.3, -0.25) is 14.4 Å². The molecule has 36 heavy (non-hydrogen) atoms. The number of carbonyl (C=O) groups excluding carboxylic acids is 1. The highest BCUT2D eigenvalue weighted by Gasteiger charge is 2.36. The second kappa shape index (κ2) is 9.32. The molecule has 0 spiro atoms. The second-order valence-electron chi connectivity index (χ2n) is 8.93. The molecular weight excluding hydrogens is 491 g/mol. The number of rotatable bonds is 5. The molecule has 1 amide bonds. The smallest absolute Gasteiger partial charge is 0.335 e. The van der Waals surface area contributed by atoms with Gasteiger partial charge in [0, 0.05) is 62.5 Å². The van der Waals surface area contributed by atoms with Gasteiger partial charge in [0.1, 0.15) is 0 Å². The van der Waals surface area contributed by atoms with E-state index in [9.17, 15) is 18.0 Å². The van der Waals surface area contributed by atoms with Crippen molar-refractivity contribution in [1.29, 1.82) is 0 Å². The van der Waals surface area contributed by atoms with Gasteiger partial charge in [-0.05, 0) is 31.5 Å². The zero-order valence-electron chi connectivity index (χ0n) is 20.2. The molecule has 0 bridgehead atoms. The van der Waals surface area contributed by atoms with Crippen LogP contribution in [0, 0.1) is 6.92 Å². The van der Waals surface area contributed by atoms with E-state index >= 15 is 0 Å². The average Bonchev–Trinajstić information content (AvgIpc) is 3.56. The number of fused-ring (bicyclic) bond motifs is 1. The van der Waals surface area contributed by atoms with E-state index in [-0.39, 0.29) is 17.0 Å². The summed E-state index contributed by atoms with van der Waals surface area (Å²) in [6.07, 6.45) is -1.87. The largest absolute Gasteiger partial charge is 0.433 e. The standard InChI is InChI=1S/C24H26F3N7OS/c1-4-17-5-6-20(36-17)18-11-21(24(25,26)27)34-22(28-18)12-19(30-34)23(35)33-9-7-32(8-10-33)14-16-13-31(3)29-15(16)2/h5-6,11-13H,4,7-10,14H2,1-3H3. The first-order valence-electron chi connectivity index (χ1n) is 11.7. The third-order valence-corrected chi connectivity index (χ3v) is 7.62. The Balaban J connectivity index is 1.37. The van der Waals surface area contributed by atoms with Crippen LogP contribution in [0.4, 0.5) is 13.2 Å². The number of aromatic nitrogens is 5. The number of alkyl halides is 3. The summed E-state index contributed by atoms with van der Waals surface area (Å²) in [5, 5.41) is 8.40. The first-order valence-corrected chi connectivity index (χ1v) is 12.5. The summed E-state index contributed by atoms with van der Waals surface area (Å²) in [5.41, 5.74) is 1.34. The minimum absolute atomic E-state index is 0.000289.